The van der Waals surface area contributed by atoms with E-state index < -0.39 is 0 Å². The minimum Gasteiger partial charge on any atom is -0.329 e. The van der Waals surface area contributed by atoms with Crippen LogP contribution >= 0.6 is 11.8 Å². The molecular weight excluding hydrogens is 256 g/mol. The van der Waals surface area contributed by atoms with E-state index in [1.807, 2.05) is 22.6 Å². The number of aryl methyl sites for hydroxylation is 1. The highest BCUT2D eigenvalue weighted by atomic mass is 32.2. The molecule has 1 rings (SSSR count). The van der Waals surface area contributed by atoms with Gasteiger partial charge in [0, 0.05) is 30.9 Å². The molecule has 1 aromatic heterocycles. The van der Waals surface area contributed by atoms with Crippen LogP contribution in [0.4, 0.5) is 0 Å². The summed E-state index contributed by atoms with van der Waals surface area (Å²) in [4.78, 5) is 2.38. The molecule has 0 fully saturated rings. The molecule has 0 bridgehead atoms. The van der Waals surface area contributed by atoms with E-state index in [1.165, 1.54) is 17.7 Å². The van der Waals surface area contributed by atoms with Crippen molar-refractivity contribution in [2.45, 2.75) is 45.3 Å². The predicted octanol–water partition coefficient (Wildman–Crippen LogP) is 2.37. The average Bonchev–Trinajstić information content (AvgIpc) is 2.85. The van der Waals surface area contributed by atoms with Crippen molar-refractivity contribution in [2.75, 3.05) is 25.6 Å². The van der Waals surface area contributed by atoms with Crippen LogP contribution in [0.15, 0.2) is 12.4 Å². The van der Waals surface area contributed by atoms with E-state index in [9.17, 15) is 0 Å². The molecule has 5 heteroatoms. The van der Waals surface area contributed by atoms with Gasteiger partial charge in [0.1, 0.15) is 0 Å². The smallest absolute Gasteiger partial charge is 0.0538 e. The summed E-state index contributed by atoms with van der Waals surface area (Å²) in [5, 5.41) is 4.41. The van der Waals surface area contributed by atoms with Crippen molar-refractivity contribution in [3.63, 3.8) is 0 Å². The topological polar surface area (TPSA) is 47.1 Å². The van der Waals surface area contributed by atoms with Crippen LogP contribution in [0.3, 0.4) is 0 Å². The van der Waals surface area contributed by atoms with Gasteiger partial charge < -0.3 is 5.73 Å². The molecule has 2 atom stereocenters. The number of hydrogen-bond donors (Lipinski definition) is 1. The van der Waals surface area contributed by atoms with Crippen LogP contribution in [0, 0.1) is 0 Å². The molecule has 19 heavy (non-hydrogen) atoms. The first-order chi connectivity index (χ1) is 9.13. The van der Waals surface area contributed by atoms with E-state index in [-0.39, 0.29) is 6.04 Å². The molecular formula is C14H28N4S. The first-order valence-electron chi connectivity index (χ1n) is 7.07. The van der Waals surface area contributed by atoms with Crippen molar-refractivity contribution in [3.05, 3.63) is 18.0 Å². The number of nitrogens with zero attached hydrogens (tertiary/aromatic N) is 3. The van der Waals surface area contributed by atoms with Crippen molar-refractivity contribution >= 4 is 11.8 Å². The molecule has 1 aromatic rings. The van der Waals surface area contributed by atoms with Crippen LogP contribution in [-0.2, 0) is 6.54 Å². The SMILES string of the molecule is CCCn1cc(C(CN)N(C)C(C)CCSC)cn1. The second-order valence-electron chi connectivity index (χ2n) is 5.08. The van der Waals surface area contributed by atoms with Crippen molar-refractivity contribution in [3.8, 4) is 0 Å². The van der Waals surface area contributed by atoms with Crippen molar-refractivity contribution in [2.24, 2.45) is 5.73 Å². The minimum atomic E-state index is 0.266. The Morgan fingerprint density at radius 2 is 2.26 bits per heavy atom. The van der Waals surface area contributed by atoms with Gasteiger partial charge >= 0.3 is 0 Å². The van der Waals surface area contributed by atoms with Gasteiger partial charge in [0.25, 0.3) is 0 Å². The molecule has 0 aliphatic carbocycles. The lowest BCUT2D eigenvalue weighted by Crippen LogP contribution is -2.37. The Kier molecular flexibility index (Phi) is 7.49. The first kappa shape index (κ1) is 16.5. The highest BCUT2D eigenvalue weighted by Gasteiger charge is 2.21. The highest BCUT2D eigenvalue weighted by molar-refractivity contribution is 7.98. The Balaban J connectivity index is 2.69. The second-order valence-corrected chi connectivity index (χ2v) is 6.07. The third kappa shape index (κ3) is 4.82. The summed E-state index contributed by atoms with van der Waals surface area (Å²) in [5.41, 5.74) is 7.20. The maximum atomic E-state index is 5.97. The zero-order valence-electron chi connectivity index (χ0n) is 12.7. The van der Waals surface area contributed by atoms with Gasteiger partial charge in [-0.25, -0.2) is 0 Å². The minimum absolute atomic E-state index is 0.266. The summed E-state index contributed by atoms with van der Waals surface area (Å²) in [6.07, 6.45) is 8.55. The maximum absolute atomic E-state index is 5.97. The molecule has 2 unspecified atom stereocenters. The molecule has 0 radical (unpaired) electrons. The molecule has 0 saturated carbocycles. The van der Waals surface area contributed by atoms with Gasteiger partial charge in [0.2, 0.25) is 0 Å². The molecule has 0 spiro atoms. The van der Waals surface area contributed by atoms with Gasteiger partial charge in [-0.15, -0.1) is 0 Å². The van der Waals surface area contributed by atoms with E-state index >= 15 is 0 Å². The van der Waals surface area contributed by atoms with Gasteiger partial charge in [-0.2, -0.15) is 16.9 Å². The second kappa shape index (κ2) is 8.61. The summed E-state index contributed by atoms with van der Waals surface area (Å²) in [5.74, 6) is 1.19. The molecule has 0 aromatic carbocycles. The van der Waals surface area contributed by atoms with E-state index in [0.717, 1.165) is 13.0 Å². The maximum Gasteiger partial charge on any atom is 0.0538 e. The van der Waals surface area contributed by atoms with E-state index in [2.05, 4.69) is 43.3 Å². The number of rotatable bonds is 9. The Hall–Kier alpha value is -0.520. The lowest BCUT2D eigenvalue weighted by atomic mass is 10.1. The summed E-state index contributed by atoms with van der Waals surface area (Å²) in [7, 11) is 2.17. The van der Waals surface area contributed by atoms with Crippen molar-refractivity contribution in [1.29, 1.82) is 0 Å². The Bertz CT molecular complexity index is 353. The standard InChI is InChI=1S/C14H28N4S/c1-5-7-18-11-13(10-16-18)14(9-15)17(3)12(2)6-8-19-4/h10-12,14H,5-9,15H2,1-4H3. The number of aromatic nitrogens is 2. The van der Waals surface area contributed by atoms with E-state index in [0.29, 0.717) is 12.6 Å². The predicted molar refractivity (Wildman–Crippen MR) is 84.5 cm³/mol. The average molecular weight is 284 g/mol. The number of likely N-dealkylation sites (N-methyl/N-ethyl adjacent to an activating group) is 1. The summed E-state index contributed by atoms with van der Waals surface area (Å²) < 4.78 is 2.01. The van der Waals surface area contributed by atoms with Gasteiger partial charge in [-0.3, -0.25) is 9.58 Å². The molecule has 0 saturated heterocycles. The summed E-state index contributed by atoms with van der Waals surface area (Å²) in [6.45, 7) is 6.05. The van der Waals surface area contributed by atoms with Crippen LogP contribution in [0.1, 0.15) is 38.3 Å². The fourth-order valence-corrected chi connectivity index (χ4v) is 2.82. The van der Waals surface area contributed by atoms with Crippen LogP contribution in [-0.4, -0.2) is 46.3 Å². The van der Waals surface area contributed by atoms with Crippen molar-refractivity contribution in [1.82, 2.24) is 14.7 Å². The van der Waals surface area contributed by atoms with Gasteiger partial charge in [0.15, 0.2) is 0 Å². The fraction of sp³-hybridized carbons (Fsp3) is 0.786. The molecule has 2 N–H and O–H groups in total. The Morgan fingerprint density at radius 1 is 1.53 bits per heavy atom. The van der Waals surface area contributed by atoms with Gasteiger partial charge in [-0.1, -0.05) is 6.92 Å². The number of nitrogens with two attached hydrogens (primary N) is 1. The monoisotopic (exact) mass is 284 g/mol. The van der Waals surface area contributed by atoms with Crippen molar-refractivity contribution < 1.29 is 0 Å². The van der Waals surface area contributed by atoms with Crippen LogP contribution in [0.25, 0.3) is 0 Å². The fourth-order valence-electron chi connectivity index (χ4n) is 2.24. The quantitative estimate of drug-likeness (QED) is 0.756. The molecule has 0 aliphatic rings. The molecule has 0 amide bonds. The van der Waals surface area contributed by atoms with Crippen LogP contribution < -0.4 is 5.73 Å². The first-order valence-corrected chi connectivity index (χ1v) is 8.46. The van der Waals surface area contributed by atoms with Crippen LogP contribution in [0.5, 0.6) is 0 Å². The summed E-state index contributed by atoms with van der Waals surface area (Å²) >= 11 is 1.90. The van der Waals surface area contributed by atoms with E-state index in [4.69, 9.17) is 5.73 Å². The van der Waals surface area contributed by atoms with E-state index in [1.54, 1.807) is 0 Å². The Morgan fingerprint density at radius 3 is 2.84 bits per heavy atom. The largest absolute Gasteiger partial charge is 0.329 e. The zero-order valence-corrected chi connectivity index (χ0v) is 13.5. The third-order valence-electron chi connectivity index (χ3n) is 3.64. The number of thioether (sulfide) groups is 1. The molecule has 4 nitrogen and oxygen atoms in total. The normalized spacial score (nSPS) is 14.8. The molecule has 110 valence electrons. The van der Waals surface area contributed by atoms with Gasteiger partial charge in [0.05, 0.1) is 12.2 Å². The highest BCUT2D eigenvalue weighted by Crippen LogP contribution is 2.21. The lowest BCUT2D eigenvalue weighted by molar-refractivity contribution is 0.185. The zero-order chi connectivity index (χ0) is 14.3. The molecule has 1 heterocycles. The van der Waals surface area contributed by atoms with Crippen LogP contribution in [0.2, 0.25) is 0 Å². The number of hydrogen-bond acceptors (Lipinski definition) is 4. The summed E-state index contributed by atoms with van der Waals surface area (Å²) in [6, 6.07) is 0.804. The molecule has 0 aliphatic heterocycles. The van der Waals surface area contributed by atoms with Gasteiger partial charge in [-0.05, 0) is 38.8 Å². The Labute approximate surface area is 121 Å². The third-order valence-corrected chi connectivity index (χ3v) is 4.28. The lowest BCUT2D eigenvalue weighted by Gasteiger charge is -2.31.